The molecule has 2 atom stereocenters. The van der Waals surface area contributed by atoms with E-state index in [1.165, 1.54) is 21.8 Å². The van der Waals surface area contributed by atoms with Crippen LogP contribution in [0, 0.1) is 6.92 Å². The van der Waals surface area contributed by atoms with E-state index < -0.39 is 0 Å². The Balaban J connectivity index is 1.38. The van der Waals surface area contributed by atoms with Gasteiger partial charge in [-0.05, 0) is 31.2 Å². The van der Waals surface area contributed by atoms with Crippen LogP contribution in [0.2, 0.25) is 0 Å². The van der Waals surface area contributed by atoms with Crippen LogP contribution in [0.3, 0.4) is 0 Å². The topological polar surface area (TPSA) is 55.7 Å². The van der Waals surface area contributed by atoms with Crippen LogP contribution in [0.5, 0.6) is 5.75 Å². The molecule has 0 spiro atoms. The van der Waals surface area contributed by atoms with Crippen molar-refractivity contribution >= 4 is 17.2 Å². The fourth-order valence-corrected chi connectivity index (χ4v) is 4.79. The van der Waals surface area contributed by atoms with Crippen LogP contribution in [-0.4, -0.2) is 37.1 Å². The van der Waals surface area contributed by atoms with Gasteiger partial charge in [0.05, 0.1) is 31.9 Å². The van der Waals surface area contributed by atoms with E-state index in [9.17, 15) is 4.79 Å². The zero-order valence-corrected chi connectivity index (χ0v) is 17.6. The quantitative estimate of drug-likeness (QED) is 0.659. The lowest BCUT2D eigenvalue weighted by Gasteiger charge is -2.14. The first-order chi connectivity index (χ1) is 14.1. The van der Waals surface area contributed by atoms with Gasteiger partial charge >= 0.3 is 0 Å². The zero-order chi connectivity index (χ0) is 20.2. The number of quaternary nitrogens is 1. The lowest BCUT2D eigenvalue weighted by molar-refractivity contribution is -0.901. The number of amides is 1. The molecule has 150 valence electrons. The summed E-state index contributed by atoms with van der Waals surface area (Å²) in [6.45, 7) is 4.96. The molecule has 1 aliphatic heterocycles. The van der Waals surface area contributed by atoms with Gasteiger partial charge in [0.15, 0.2) is 0 Å². The van der Waals surface area contributed by atoms with E-state index in [4.69, 9.17) is 4.74 Å². The number of nitrogens with zero attached hydrogens (tertiary/aromatic N) is 1. The third-order valence-electron chi connectivity index (χ3n) is 5.35. The van der Waals surface area contributed by atoms with Crippen molar-refractivity contribution in [3.8, 4) is 16.3 Å². The number of ether oxygens (including phenoxy) is 1. The lowest BCUT2D eigenvalue weighted by Crippen LogP contribution is -3.09. The number of rotatable bonds is 6. The number of benzene rings is 2. The second kappa shape index (κ2) is 8.76. The van der Waals surface area contributed by atoms with Crippen molar-refractivity contribution in [3.63, 3.8) is 0 Å². The first kappa shape index (κ1) is 19.6. The maximum atomic E-state index is 12.9. The number of likely N-dealkylation sites (tertiary alicyclic amines) is 1. The van der Waals surface area contributed by atoms with Crippen molar-refractivity contribution in [2.45, 2.75) is 25.9 Å². The van der Waals surface area contributed by atoms with Crippen molar-refractivity contribution in [2.24, 2.45) is 0 Å². The van der Waals surface area contributed by atoms with E-state index in [-0.39, 0.29) is 11.9 Å². The highest BCUT2D eigenvalue weighted by Gasteiger charge is 2.28. The Hall–Kier alpha value is -2.70. The van der Waals surface area contributed by atoms with Crippen molar-refractivity contribution in [1.82, 2.24) is 10.3 Å². The van der Waals surface area contributed by atoms with Gasteiger partial charge in [0.1, 0.15) is 22.2 Å². The molecule has 1 saturated heterocycles. The van der Waals surface area contributed by atoms with E-state index in [0.717, 1.165) is 48.1 Å². The zero-order valence-electron chi connectivity index (χ0n) is 16.8. The summed E-state index contributed by atoms with van der Waals surface area (Å²) in [6, 6.07) is 18.5. The van der Waals surface area contributed by atoms with Crippen LogP contribution in [0.15, 0.2) is 54.6 Å². The van der Waals surface area contributed by atoms with Crippen molar-refractivity contribution in [2.75, 3.05) is 20.2 Å². The van der Waals surface area contributed by atoms with E-state index >= 15 is 0 Å². The smallest absolute Gasteiger partial charge is 0.263 e. The standard InChI is InChI=1S/C23H25N3O2S/c1-16-21(29-23(24-16)18-8-10-20(28-2)11-9-18)22(27)25-19-12-13-26(15-19)14-17-6-4-3-5-7-17/h3-11,19H,12-15H2,1-2H3,(H,25,27)/p+1/t19-/m0/s1. The number of aromatic nitrogens is 1. The van der Waals surface area contributed by atoms with Gasteiger partial charge < -0.3 is 15.0 Å². The van der Waals surface area contributed by atoms with Gasteiger partial charge in [0.2, 0.25) is 0 Å². The summed E-state index contributed by atoms with van der Waals surface area (Å²) in [5.41, 5.74) is 3.12. The molecule has 3 aromatic rings. The van der Waals surface area contributed by atoms with Gasteiger partial charge in [-0.1, -0.05) is 30.3 Å². The molecule has 1 aliphatic rings. The van der Waals surface area contributed by atoms with Crippen molar-refractivity contribution in [3.05, 3.63) is 70.7 Å². The van der Waals surface area contributed by atoms with Gasteiger partial charge in [-0.25, -0.2) is 4.98 Å². The van der Waals surface area contributed by atoms with E-state index in [1.807, 2.05) is 37.3 Å². The van der Waals surface area contributed by atoms with E-state index in [2.05, 4.69) is 34.6 Å². The second-order valence-electron chi connectivity index (χ2n) is 7.49. The lowest BCUT2D eigenvalue weighted by atomic mass is 10.2. The minimum Gasteiger partial charge on any atom is -0.497 e. The SMILES string of the molecule is COc1ccc(-c2nc(C)c(C(=O)N[C@H]3CC[NH+](Cc4ccccc4)C3)s2)cc1. The van der Waals surface area contributed by atoms with Crippen molar-refractivity contribution < 1.29 is 14.4 Å². The molecule has 0 aliphatic carbocycles. The summed E-state index contributed by atoms with van der Waals surface area (Å²) >= 11 is 1.45. The van der Waals surface area contributed by atoms with E-state index in [0.29, 0.717) is 4.88 Å². The highest BCUT2D eigenvalue weighted by molar-refractivity contribution is 7.17. The summed E-state index contributed by atoms with van der Waals surface area (Å²) in [4.78, 5) is 19.7. The number of thiazole rings is 1. The molecule has 1 amide bonds. The average Bonchev–Trinajstić information content (AvgIpc) is 3.35. The Bertz CT molecular complexity index is 970. The molecule has 0 radical (unpaired) electrons. The molecule has 4 rings (SSSR count). The Labute approximate surface area is 175 Å². The minimum atomic E-state index is -0.00859. The Morgan fingerprint density at radius 2 is 1.97 bits per heavy atom. The molecule has 0 bridgehead atoms. The molecular formula is C23H26N3O2S+. The molecule has 0 saturated carbocycles. The fourth-order valence-electron chi connectivity index (χ4n) is 3.81. The number of methoxy groups -OCH3 is 1. The summed E-state index contributed by atoms with van der Waals surface area (Å²) < 4.78 is 5.21. The number of aryl methyl sites for hydroxylation is 1. The number of carbonyl (C=O) groups excluding carboxylic acids is 1. The summed E-state index contributed by atoms with van der Waals surface area (Å²) in [5, 5.41) is 4.08. The monoisotopic (exact) mass is 408 g/mol. The number of hydrogen-bond donors (Lipinski definition) is 2. The van der Waals surface area contributed by atoms with Crippen LogP contribution in [-0.2, 0) is 6.54 Å². The van der Waals surface area contributed by atoms with Gasteiger partial charge in [0.25, 0.3) is 5.91 Å². The Morgan fingerprint density at radius 3 is 2.69 bits per heavy atom. The maximum absolute atomic E-state index is 12.9. The van der Waals surface area contributed by atoms with Gasteiger partial charge in [0, 0.05) is 17.5 Å². The van der Waals surface area contributed by atoms with Crippen LogP contribution in [0.25, 0.3) is 10.6 Å². The van der Waals surface area contributed by atoms with Crippen LogP contribution < -0.4 is 15.0 Å². The van der Waals surface area contributed by atoms with Crippen molar-refractivity contribution in [1.29, 1.82) is 0 Å². The minimum absolute atomic E-state index is 0.00859. The molecule has 1 fully saturated rings. The summed E-state index contributed by atoms with van der Waals surface area (Å²) in [6.07, 6.45) is 1.01. The highest BCUT2D eigenvalue weighted by Crippen LogP contribution is 2.29. The third-order valence-corrected chi connectivity index (χ3v) is 6.56. The summed E-state index contributed by atoms with van der Waals surface area (Å²) in [5.74, 6) is 0.800. The van der Waals surface area contributed by atoms with E-state index in [1.54, 1.807) is 7.11 Å². The molecule has 2 heterocycles. The second-order valence-corrected chi connectivity index (χ2v) is 8.49. The molecule has 5 nitrogen and oxygen atoms in total. The third kappa shape index (κ3) is 4.66. The normalized spacial score (nSPS) is 18.6. The number of hydrogen-bond acceptors (Lipinski definition) is 4. The number of nitrogens with one attached hydrogen (secondary N) is 2. The Kier molecular flexibility index (Phi) is 5.92. The fraction of sp³-hybridized carbons (Fsp3) is 0.304. The van der Waals surface area contributed by atoms with Crippen LogP contribution >= 0.6 is 11.3 Å². The van der Waals surface area contributed by atoms with Gasteiger partial charge in [-0.3, -0.25) is 4.79 Å². The molecular weight excluding hydrogens is 382 g/mol. The molecule has 2 aromatic carbocycles. The molecule has 1 unspecified atom stereocenters. The van der Waals surface area contributed by atoms with Gasteiger partial charge in [-0.15, -0.1) is 11.3 Å². The average molecular weight is 409 g/mol. The van der Waals surface area contributed by atoms with Crippen LogP contribution in [0.4, 0.5) is 0 Å². The molecule has 2 N–H and O–H groups in total. The highest BCUT2D eigenvalue weighted by atomic mass is 32.1. The molecule has 6 heteroatoms. The predicted molar refractivity (Wildman–Crippen MR) is 116 cm³/mol. The predicted octanol–water partition coefficient (Wildman–Crippen LogP) is 2.71. The first-order valence-corrected chi connectivity index (χ1v) is 10.7. The maximum Gasteiger partial charge on any atom is 0.263 e. The van der Waals surface area contributed by atoms with Crippen LogP contribution in [0.1, 0.15) is 27.3 Å². The van der Waals surface area contributed by atoms with Gasteiger partial charge in [-0.2, -0.15) is 0 Å². The first-order valence-electron chi connectivity index (χ1n) is 9.92. The molecule has 1 aromatic heterocycles. The largest absolute Gasteiger partial charge is 0.497 e. The number of carbonyl (C=O) groups is 1. The summed E-state index contributed by atoms with van der Waals surface area (Å²) in [7, 11) is 1.65. The molecule has 29 heavy (non-hydrogen) atoms. The Morgan fingerprint density at radius 1 is 1.21 bits per heavy atom.